The fraction of sp³-hybridized carbons (Fsp3) is 0.815. The molecule has 0 aromatic rings. The topological polar surface area (TPSA) is 95.9 Å². The lowest BCUT2D eigenvalue weighted by Crippen LogP contribution is -2.46. The van der Waals surface area contributed by atoms with Gasteiger partial charge >= 0.3 is 5.97 Å². The van der Waals surface area contributed by atoms with E-state index in [1.165, 1.54) is 141 Å². The van der Waals surface area contributed by atoms with Crippen molar-refractivity contribution in [3.8, 4) is 0 Å². The Morgan fingerprint density at radius 1 is 0.500 bits per heavy atom. The molecule has 0 radical (unpaired) electrons. The summed E-state index contributed by atoms with van der Waals surface area (Å²) in [5.74, 6) is -0.505. The average Bonchev–Trinajstić information content (AvgIpc) is 3.24. The molecule has 0 saturated heterocycles. The van der Waals surface area contributed by atoms with E-state index in [0.717, 1.165) is 70.6 Å². The van der Waals surface area contributed by atoms with Crippen LogP contribution in [0.5, 0.6) is 0 Å². The summed E-state index contributed by atoms with van der Waals surface area (Å²) in [4.78, 5) is 26.1. The minimum Gasteiger partial charge on any atom is -0.462 e. The zero-order valence-electron chi connectivity index (χ0n) is 39.8. The van der Waals surface area contributed by atoms with Gasteiger partial charge in [0.25, 0.3) is 0 Å². The molecule has 0 aliphatic carbocycles. The first-order chi connectivity index (χ1) is 29.5. The van der Waals surface area contributed by atoms with Crippen LogP contribution in [0.25, 0.3) is 0 Å². The molecule has 0 spiro atoms. The van der Waals surface area contributed by atoms with E-state index in [2.05, 4.69) is 50.4 Å². The number of rotatable bonds is 46. The highest BCUT2D eigenvalue weighted by molar-refractivity contribution is 5.77. The third kappa shape index (κ3) is 42.5. The van der Waals surface area contributed by atoms with Crippen LogP contribution in [0, 0.1) is 0 Å². The monoisotopic (exact) mass is 842 g/mol. The Hall–Kier alpha value is -2.18. The molecule has 1 amide bonds. The van der Waals surface area contributed by atoms with E-state index in [4.69, 9.17) is 4.74 Å². The lowest BCUT2D eigenvalue weighted by molar-refractivity contribution is -0.151. The summed E-state index contributed by atoms with van der Waals surface area (Å²) >= 11 is 0. The first-order valence-corrected chi connectivity index (χ1v) is 25.9. The number of nitrogens with one attached hydrogen (secondary N) is 1. The van der Waals surface area contributed by atoms with Crippen LogP contribution in [0.1, 0.15) is 258 Å². The van der Waals surface area contributed by atoms with Gasteiger partial charge in [-0.15, -0.1) is 0 Å². The highest BCUT2D eigenvalue weighted by Crippen LogP contribution is 2.18. The van der Waals surface area contributed by atoms with Gasteiger partial charge in [-0.3, -0.25) is 9.59 Å². The Bertz CT molecular complexity index is 1040. The van der Waals surface area contributed by atoms with Gasteiger partial charge < -0.3 is 20.3 Å². The van der Waals surface area contributed by atoms with Crippen molar-refractivity contribution in [1.29, 1.82) is 0 Å². The molecule has 0 rings (SSSR count). The first-order valence-electron chi connectivity index (χ1n) is 25.9. The Morgan fingerprint density at radius 3 is 1.37 bits per heavy atom. The predicted molar refractivity (Wildman–Crippen MR) is 259 cm³/mol. The molecule has 6 nitrogen and oxygen atoms in total. The molecule has 60 heavy (non-hydrogen) atoms. The van der Waals surface area contributed by atoms with E-state index in [0.29, 0.717) is 19.3 Å². The van der Waals surface area contributed by atoms with Gasteiger partial charge in [-0.2, -0.15) is 0 Å². The van der Waals surface area contributed by atoms with Gasteiger partial charge in [-0.25, -0.2) is 0 Å². The maximum atomic E-state index is 13.2. The van der Waals surface area contributed by atoms with E-state index in [-0.39, 0.29) is 24.9 Å². The second-order valence-electron chi connectivity index (χ2n) is 17.6. The van der Waals surface area contributed by atoms with Gasteiger partial charge in [0.05, 0.1) is 25.2 Å². The highest BCUT2D eigenvalue weighted by Gasteiger charge is 2.24. The molecule has 0 saturated carbocycles. The molecule has 0 heterocycles. The third-order valence-electron chi connectivity index (χ3n) is 11.8. The summed E-state index contributed by atoms with van der Waals surface area (Å²) in [6, 6.07) is -0.712. The van der Waals surface area contributed by atoms with Crippen molar-refractivity contribution in [1.82, 2.24) is 5.32 Å². The number of carbonyl (C=O) groups is 2. The molecule has 3 unspecified atom stereocenters. The van der Waals surface area contributed by atoms with Crippen LogP contribution >= 0.6 is 0 Å². The number of amides is 1. The van der Waals surface area contributed by atoms with Gasteiger partial charge in [0.1, 0.15) is 6.10 Å². The first kappa shape index (κ1) is 57.8. The van der Waals surface area contributed by atoms with Gasteiger partial charge in [0.15, 0.2) is 0 Å². The number of aliphatic hydroxyl groups is 2. The van der Waals surface area contributed by atoms with Crippen LogP contribution in [0.15, 0.2) is 48.6 Å². The van der Waals surface area contributed by atoms with Crippen molar-refractivity contribution in [2.45, 2.75) is 277 Å². The van der Waals surface area contributed by atoms with E-state index in [1.54, 1.807) is 0 Å². The van der Waals surface area contributed by atoms with Crippen molar-refractivity contribution >= 4 is 11.9 Å². The summed E-state index contributed by atoms with van der Waals surface area (Å²) in [6.45, 7) is 6.34. The van der Waals surface area contributed by atoms with Crippen LogP contribution in [0.3, 0.4) is 0 Å². The maximum Gasteiger partial charge on any atom is 0.306 e. The fourth-order valence-electron chi connectivity index (χ4n) is 7.85. The number of aliphatic hydroxyl groups excluding tert-OH is 2. The van der Waals surface area contributed by atoms with Gasteiger partial charge in [-0.1, -0.05) is 249 Å². The second kappa shape index (κ2) is 47.9. The minimum absolute atomic E-state index is 0.0538. The fourth-order valence-corrected chi connectivity index (χ4v) is 7.85. The van der Waals surface area contributed by atoms with Gasteiger partial charge in [-0.05, 0) is 44.9 Å². The van der Waals surface area contributed by atoms with Crippen molar-refractivity contribution in [3.05, 3.63) is 48.6 Å². The molecule has 0 aliphatic rings. The number of unbranched alkanes of at least 4 members (excludes halogenated alkanes) is 29. The molecule has 0 aliphatic heterocycles. The van der Waals surface area contributed by atoms with E-state index in [1.807, 2.05) is 24.3 Å². The maximum absolute atomic E-state index is 13.2. The quantitative estimate of drug-likeness (QED) is 0.0322. The van der Waals surface area contributed by atoms with Gasteiger partial charge in [0, 0.05) is 6.42 Å². The normalized spacial score (nSPS) is 13.6. The van der Waals surface area contributed by atoms with Crippen LogP contribution in [-0.4, -0.2) is 46.9 Å². The van der Waals surface area contributed by atoms with Crippen LogP contribution in [0.4, 0.5) is 0 Å². The Labute approximate surface area is 372 Å². The van der Waals surface area contributed by atoms with Crippen LogP contribution in [0.2, 0.25) is 0 Å². The Balaban J connectivity index is 4.60. The summed E-state index contributed by atoms with van der Waals surface area (Å²) < 4.78 is 5.92. The molecule has 6 heteroatoms. The minimum atomic E-state index is -0.797. The molecule has 3 atom stereocenters. The van der Waals surface area contributed by atoms with Crippen LogP contribution in [-0.2, 0) is 14.3 Å². The third-order valence-corrected chi connectivity index (χ3v) is 11.8. The van der Waals surface area contributed by atoms with Crippen LogP contribution < -0.4 is 5.32 Å². The highest BCUT2D eigenvalue weighted by atomic mass is 16.5. The predicted octanol–water partition coefficient (Wildman–Crippen LogP) is 15.5. The molecule has 0 aromatic carbocycles. The molecular weight excluding hydrogens is 743 g/mol. The largest absolute Gasteiger partial charge is 0.462 e. The average molecular weight is 842 g/mol. The lowest BCUT2D eigenvalue weighted by atomic mass is 10.0. The smallest absolute Gasteiger partial charge is 0.306 e. The Kier molecular flexibility index (Phi) is 46.1. The summed E-state index contributed by atoms with van der Waals surface area (Å²) in [5.41, 5.74) is 0. The van der Waals surface area contributed by atoms with Gasteiger partial charge in [0.2, 0.25) is 5.91 Å². The zero-order valence-corrected chi connectivity index (χ0v) is 39.8. The number of ether oxygens (including phenoxy) is 1. The van der Waals surface area contributed by atoms with E-state index >= 15 is 0 Å². The number of allylic oxidation sites excluding steroid dienone is 8. The molecule has 0 fully saturated rings. The van der Waals surface area contributed by atoms with E-state index in [9.17, 15) is 19.8 Å². The summed E-state index contributed by atoms with van der Waals surface area (Å²) in [7, 11) is 0. The molecule has 0 aromatic heterocycles. The number of hydrogen-bond acceptors (Lipinski definition) is 5. The SMILES string of the molecule is CC/C=C/C=C/C=C/C=C\CCCCCC(CC(=O)NC(CO)C(O)CCCCCCCCCCCCCCC)OC(=O)CCCCCCCCCCCCCCCCC. The molecular formula is C54H99NO5. The zero-order chi connectivity index (χ0) is 43.8. The number of carbonyl (C=O) groups excluding carboxylic acids is 2. The van der Waals surface area contributed by atoms with Crippen molar-refractivity contribution in [3.63, 3.8) is 0 Å². The van der Waals surface area contributed by atoms with Crippen molar-refractivity contribution < 1.29 is 24.5 Å². The van der Waals surface area contributed by atoms with E-state index < -0.39 is 18.2 Å². The molecule has 3 N–H and O–H groups in total. The lowest BCUT2D eigenvalue weighted by Gasteiger charge is -2.24. The number of esters is 1. The number of hydrogen-bond donors (Lipinski definition) is 3. The molecule has 0 bridgehead atoms. The van der Waals surface area contributed by atoms with Crippen molar-refractivity contribution in [2.75, 3.05) is 6.61 Å². The second-order valence-corrected chi connectivity index (χ2v) is 17.6. The summed E-state index contributed by atoms with van der Waals surface area (Å²) in [5, 5.41) is 23.8. The standard InChI is InChI=1S/C54H99NO5/c1-4-7-10-13-16-19-22-25-26-29-32-35-38-41-44-47-54(59)60-50(45-42-39-36-33-30-27-23-20-17-14-11-8-5-2)48-53(58)55-51(49-56)52(57)46-43-40-37-34-31-28-24-21-18-15-12-9-6-3/h8,11,14,17,20,23,27,30,50-52,56-57H,4-7,9-10,12-13,15-16,18-19,21-22,24-26,28-29,31-49H2,1-3H3,(H,55,58)/b11-8+,17-14+,23-20+,30-27-. The summed E-state index contributed by atoms with van der Waals surface area (Å²) in [6.07, 6.45) is 57.4. The Morgan fingerprint density at radius 2 is 0.900 bits per heavy atom. The molecule has 350 valence electrons. The van der Waals surface area contributed by atoms with Crippen molar-refractivity contribution in [2.24, 2.45) is 0 Å².